The summed E-state index contributed by atoms with van der Waals surface area (Å²) >= 11 is 1.59. The minimum absolute atomic E-state index is 0.0207. The van der Waals surface area contributed by atoms with E-state index in [4.69, 9.17) is 0 Å². The van der Waals surface area contributed by atoms with E-state index in [1.54, 1.807) is 18.1 Å². The first kappa shape index (κ1) is 13.2. The summed E-state index contributed by atoms with van der Waals surface area (Å²) in [7, 11) is 0. The molecule has 2 heterocycles. The Labute approximate surface area is 127 Å². The van der Waals surface area contributed by atoms with Gasteiger partial charge < -0.3 is 4.98 Å². The molecule has 4 rings (SSSR count). The predicted octanol–water partition coefficient (Wildman–Crippen LogP) is 2.84. The Balaban J connectivity index is 1.75. The van der Waals surface area contributed by atoms with Crippen LogP contribution >= 0.6 is 11.8 Å². The number of ketones is 1. The highest BCUT2D eigenvalue weighted by molar-refractivity contribution is 8.00. The van der Waals surface area contributed by atoms with Crippen molar-refractivity contribution in [2.75, 3.05) is 0 Å². The van der Waals surface area contributed by atoms with E-state index in [0.29, 0.717) is 11.4 Å². The molecule has 2 aliphatic carbocycles. The fraction of sp³-hybridized carbons (Fsp3) is 0.600. The quantitative estimate of drug-likeness (QED) is 0.864. The minimum Gasteiger partial charge on any atom is -0.341 e. The van der Waals surface area contributed by atoms with E-state index in [9.17, 15) is 4.79 Å². The molecule has 0 spiro atoms. The van der Waals surface area contributed by atoms with Crippen molar-refractivity contribution in [3.63, 3.8) is 0 Å². The zero-order valence-corrected chi connectivity index (χ0v) is 13.2. The van der Waals surface area contributed by atoms with Crippen LogP contribution in [0, 0.1) is 16.7 Å². The maximum Gasteiger partial charge on any atom is 0.181 e. The molecule has 6 heteroatoms. The zero-order valence-electron chi connectivity index (χ0n) is 12.4. The monoisotopic (exact) mass is 302 g/mol. The van der Waals surface area contributed by atoms with Gasteiger partial charge in [-0.2, -0.15) is 0 Å². The van der Waals surface area contributed by atoms with Crippen molar-refractivity contribution >= 4 is 28.7 Å². The number of nitrogens with zero attached hydrogens (tertiary/aromatic N) is 3. The van der Waals surface area contributed by atoms with Gasteiger partial charge in [-0.05, 0) is 23.7 Å². The lowest BCUT2D eigenvalue weighted by molar-refractivity contribution is -0.122. The van der Waals surface area contributed by atoms with E-state index in [-0.39, 0.29) is 22.0 Å². The van der Waals surface area contributed by atoms with Crippen LogP contribution in [0.25, 0.3) is 11.2 Å². The lowest BCUT2D eigenvalue weighted by Gasteiger charge is -2.37. The van der Waals surface area contributed by atoms with Crippen LogP contribution < -0.4 is 0 Å². The van der Waals surface area contributed by atoms with Crippen LogP contribution in [0.1, 0.15) is 33.6 Å². The number of nitrogens with one attached hydrogen (secondary N) is 1. The molecular weight excluding hydrogens is 284 g/mol. The van der Waals surface area contributed by atoms with Gasteiger partial charge in [0.1, 0.15) is 22.7 Å². The number of aromatic nitrogens is 4. The second-order valence-corrected chi connectivity index (χ2v) is 8.00. The van der Waals surface area contributed by atoms with Gasteiger partial charge >= 0.3 is 0 Å². The highest BCUT2D eigenvalue weighted by Crippen LogP contribution is 2.67. The summed E-state index contributed by atoms with van der Waals surface area (Å²) in [5.41, 5.74) is 1.60. The molecule has 2 saturated carbocycles. The number of hydrogen-bond donors (Lipinski definition) is 1. The highest BCUT2D eigenvalue weighted by atomic mass is 32.2. The third-order valence-electron chi connectivity index (χ3n) is 5.89. The van der Waals surface area contributed by atoms with Crippen LogP contribution in [0.5, 0.6) is 0 Å². The summed E-state index contributed by atoms with van der Waals surface area (Å²) in [6.07, 6.45) is 5.29. The first-order valence-corrected chi connectivity index (χ1v) is 8.17. The second kappa shape index (κ2) is 4.06. The lowest BCUT2D eigenvalue weighted by atomic mass is 9.71. The summed E-state index contributed by atoms with van der Waals surface area (Å²) in [6.45, 7) is 6.75. The minimum atomic E-state index is -0.0207. The molecule has 0 amide bonds. The molecule has 0 aliphatic heterocycles. The van der Waals surface area contributed by atoms with E-state index >= 15 is 0 Å². The smallest absolute Gasteiger partial charge is 0.181 e. The Morgan fingerprint density at radius 3 is 2.81 bits per heavy atom. The molecule has 21 heavy (non-hydrogen) atoms. The maximum atomic E-state index is 12.8. The summed E-state index contributed by atoms with van der Waals surface area (Å²) in [5, 5.41) is 0.813. The highest BCUT2D eigenvalue weighted by Gasteiger charge is 2.66. The van der Waals surface area contributed by atoms with E-state index < -0.39 is 0 Å². The van der Waals surface area contributed by atoms with Crippen molar-refractivity contribution in [2.45, 2.75) is 43.9 Å². The molecule has 0 aromatic carbocycles. The summed E-state index contributed by atoms with van der Waals surface area (Å²) in [5.74, 6) is 0.587. The number of imidazole rings is 1. The zero-order chi connectivity index (χ0) is 14.8. The SMILES string of the molecule is CC1(C)[C@H]2CC[C@]1(C)[C@H](Sc1ncnc3nc[nH]c13)C2=O. The second-order valence-electron chi connectivity index (χ2n) is 6.91. The number of aromatic amines is 1. The Kier molecular flexibility index (Phi) is 2.56. The number of carbonyl (C=O) groups excluding carboxylic acids is 1. The van der Waals surface area contributed by atoms with Crippen molar-refractivity contribution in [1.82, 2.24) is 19.9 Å². The summed E-state index contributed by atoms with van der Waals surface area (Å²) in [4.78, 5) is 28.5. The fourth-order valence-electron chi connectivity index (χ4n) is 4.12. The van der Waals surface area contributed by atoms with Crippen molar-refractivity contribution in [3.05, 3.63) is 12.7 Å². The molecule has 2 bridgehead atoms. The third kappa shape index (κ3) is 1.54. The average Bonchev–Trinajstić information content (AvgIpc) is 3.03. The van der Waals surface area contributed by atoms with Crippen LogP contribution in [0.4, 0.5) is 0 Å². The molecule has 5 nitrogen and oxygen atoms in total. The van der Waals surface area contributed by atoms with Gasteiger partial charge in [0.2, 0.25) is 0 Å². The summed E-state index contributed by atoms with van der Waals surface area (Å²) in [6, 6.07) is 0. The van der Waals surface area contributed by atoms with E-state index in [1.165, 1.54) is 6.33 Å². The Bertz CT molecular complexity index is 740. The van der Waals surface area contributed by atoms with Gasteiger partial charge in [-0.3, -0.25) is 4.79 Å². The van der Waals surface area contributed by atoms with Crippen LogP contribution in [0.15, 0.2) is 17.7 Å². The fourth-order valence-corrected chi connectivity index (χ4v) is 5.68. The molecule has 0 radical (unpaired) electrons. The molecule has 0 saturated heterocycles. The molecule has 110 valence electrons. The number of carbonyl (C=O) groups is 1. The van der Waals surface area contributed by atoms with Gasteiger partial charge in [-0.1, -0.05) is 32.5 Å². The Morgan fingerprint density at radius 2 is 2.10 bits per heavy atom. The first-order valence-electron chi connectivity index (χ1n) is 7.29. The van der Waals surface area contributed by atoms with Crippen LogP contribution in [0.3, 0.4) is 0 Å². The Morgan fingerprint density at radius 1 is 1.29 bits per heavy atom. The predicted molar refractivity (Wildman–Crippen MR) is 80.9 cm³/mol. The van der Waals surface area contributed by atoms with Crippen molar-refractivity contribution in [1.29, 1.82) is 0 Å². The van der Waals surface area contributed by atoms with Crippen molar-refractivity contribution in [3.8, 4) is 0 Å². The number of thioether (sulfide) groups is 1. The van der Waals surface area contributed by atoms with Crippen LogP contribution in [-0.4, -0.2) is 31.0 Å². The molecular formula is C15H18N4OS. The van der Waals surface area contributed by atoms with E-state index in [0.717, 1.165) is 23.4 Å². The topological polar surface area (TPSA) is 71.5 Å². The molecule has 2 aromatic heterocycles. The molecule has 0 unspecified atom stereocenters. The van der Waals surface area contributed by atoms with Gasteiger partial charge in [0.05, 0.1) is 11.6 Å². The standard InChI is InChI=1S/C15H18N4OS/c1-14(2)8-4-5-15(14,3)11(10(8)20)21-13-9-12(17-6-16-9)18-7-19-13/h6-8,11H,4-5H2,1-3H3,(H,16,17,18,19)/t8-,11+,15+/m0/s1. The van der Waals surface area contributed by atoms with Gasteiger partial charge in [0.25, 0.3) is 0 Å². The van der Waals surface area contributed by atoms with E-state index in [1.807, 2.05) is 0 Å². The number of hydrogen-bond acceptors (Lipinski definition) is 5. The largest absolute Gasteiger partial charge is 0.341 e. The number of fused-ring (bicyclic) bond motifs is 3. The van der Waals surface area contributed by atoms with Gasteiger partial charge in [-0.15, -0.1) is 0 Å². The summed E-state index contributed by atoms with van der Waals surface area (Å²) < 4.78 is 0. The van der Waals surface area contributed by atoms with E-state index in [2.05, 4.69) is 40.7 Å². The van der Waals surface area contributed by atoms with Gasteiger partial charge in [-0.25, -0.2) is 15.0 Å². The van der Waals surface area contributed by atoms with Crippen LogP contribution in [-0.2, 0) is 4.79 Å². The molecule has 2 aliphatic rings. The molecule has 1 N–H and O–H groups in total. The van der Waals surface area contributed by atoms with Crippen LogP contribution in [0.2, 0.25) is 0 Å². The number of rotatable bonds is 2. The third-order valence-corrected chi connectivity index (χ3v) is 7.41. The molecule has 2 aromatic rings. The first-order chi connectivity index (χ1) is 9.95. The molecule has 3 atom stereocenters. The number of Topliss-reactive ketones (excluding diaryl/α,β-unsaturated/α-hetero) is 1. The molecule has 2 fully saturated rings. The maximum absolute atomic E-state index is 12.8. The number of H-pyrrole nitrogens is 1. The normalized spacial score (nSPS) is 34.0. The van der Waals surface area contributed by atoms with Crippen molar-refractivity contribution in [2.24, 2.45) is 16.7 Å². The van der Waals surface area contributed by atoms with Gasteiger partial charge in [0, 0.05) is 5.92 Å². The van der Waals surface area contributed by atoms with Crippen molar-refractivity contribution < 1.29 is 4.79 Å². The Hall–Kier alpha value is -1.43. The average molecular weight is 302 g/mol. The van der Waals surface area contributed by atoms with Gasteiger partial charge in [0.15, 0.2) is 5.65 Å². The lowest BCUT2D eigenvalue weighted by Crippen LogP contribution is -2.35.